The highest BCUT2D eigenvalue weighted by Crippen LogP contribution is 2.42. The zero-order valence-corrected chi connectivity index (χ0v) is 13.2. The highest BCUT2D eigenvalue weighted by molar-refractivity contribution is 8.76. The van der Waals surface area contributed by atoms with Gasteiger partial charge in [-0.2, -0.15) is 0 Å². The number of rotatable bonds is 5. The van der Waals surface area contributed by atoms with Gasteiger partial charge in [0.15, 0.2) is 10.1 Å². The molecule has 0 N–H and O–H groups in total. The number of hydrogen-bond donors (Lipinski definition) is 0. The minimum Gasteiger partial charge on any atom is -0.258 e. The maximum atomic E-state index is 11.0. The molecule has 0 fully saturated rings. The second-order valence-corrected chi connectivity index (χ2v) is 6.46. The van der Waals surface area contributed by atoms with Gasteiger partial charge in [0.2, 0.25) is 0 Å². The Labute approximate surface area is 133 Å². The van der Waals surface area contributed by atoms with E-state index in [1.165, 1.54) is 24.5 Å². The number of pyridine rings is 2. The van der Waals surface area contributed by atoms with Crippen molar-refractivity contribution < 1.29 is 9.85 Å². The van der Waals surface area contributed by atoms with Crippen molar-refractivity contribution in [3.63, 3.8) is 0 Å². The van der Waals surface area contributed by atoms with Crippen molar-refractivity contribution in [2.45, 2.75) is 23.9 Å². The Balaban J connectivity index is 2.28. The lowest BCUT2D eigenvalue weighted by Gasteiger charge is -2.03. The van der Waals surface area contributed by atoms with Gasteiger partial charge in [0.25, 0.3) is 0 Å². The standard InChI is InChI=1S/C12H10N4O4S2/c1-7-3-9(15(17)18)11(13-5-7)21-22-12-10(16(19)20)4-8(2)6-14-12/h3-6H,1-2H3. The van der Waals surface area contributed by atoms with E-state index in [1.807, 2.05) is 0 Å². The van der Waals surface area contributed by atoms with Crippen molar-refractivity contribution in [3.8, 4) is 0 Å². The van der Waals surface area contributed by atoms with Crippen LogP contribution in [0.1, 0.15) is 11.1 Å². The molecule has 22 heavy (non-hydrogen) atoms. The highest BCUT2D eigenvalue weighted by atomic mass is 33.1. The van der Waals surface area contributed by atoms with Crippen molar-refractivity contribution in [1.82, 2.24) is 9.97 Å². The van der Waals surface area contributed by atoms with Gasteiger partial charge >= 0.3 is 11.4 Å². The van der Waals surface area contributed by atoms with Crippen LogP contribution in [-0.4, -0.2) is 19.8 Å². The van der Waals surface area contributed by atoms with Gasteiger partial charge in [-0.15, -0.1) is 0 Å². The minimum atomic E-state index is -0.528. The number of aryl methyl sites for hydroxylation is 2. The topological polar surface area (TPSA) is 112 Å². The lowest BCUT2D eigenvalue weighted by Crippen LogP contribution is -1.95. The Bertz CT molecular complexity index is 690. The first-order valence-corrected chi connectivity index (χ1v) is 8.10. The van der Waals surface area contributed by atoms with Crippen molar-refractivity contribution in [2.24, 2.45) is 0 Å². The minimum absolute atomic E-state index is 0.132. The summed E-state index contributed by atoms with van der Waals surface area (Å²) in [7, 11) is 1.94. The van der Waals surface area contributed by atoms with E-state index >= 15 is 0 Å². The van der Waals surface area contributed by atoms with Crippen LogP contribution in [0, 0.1) is 34.1 Å². The Morgan fingerprint density at radius 2 is 1.23 bits per heavy atom. The molecule has 2 aromatic rings. The summed E-state index contributed by atoms with van der Waals surface area (Å²) in [5.41, 5.74) is 1.07. The Morgan fingerprint density at radius 1 is 0.864 bits per heavy atom. The highest BCUT2D eigenvalue weighted by Gasteiger charge is 2.21. The zero-order chi connectivity index (χ0) is 16.3. The lowest BCUT2D eigenvalue weighted by molar-refractivity contribution is -0.388. The van der Waals surface area contributed by atoms with Crippen LogP contribution in [0.4, 0.5) is 11.4 Å². The number of aromatic nitrogens is 2. The summed E-state index contributed by atoms with van der Waals surface area (Å²) in [5.74, 6) is 0. The summed E-state index contributed by atoms with van der Waals surface area (Å²) < 4.78 is 0. The molecule has 0 aromatic carbocycles. The van der Waals surface area contributed by atoms with E-state index in [4.69, 9.17) is 0 Å². The summed E-state index contributed by atoms with van der Waals surface area (Å²) in [6.45, 7) is 3.40. The van der Waals surface area contributed by atoms with Gasteiger partial charge < -0.3 is 0 Å². The molecule has 0 spiro atoms. The molecule has 2 heterocycles. The average molecular weight is 338 g/mol. The molecule has 0 saturated carbocycles. The van der Waals surface area contributed by atoms with E-state index in [0.717, 1.165) is 21.6 Å². The van der Waals surface area contributed by atoms with Gasteiger partial charge in [0, 0.05) is 24.5 Å². The number of hydrogen-bond acceptors (Lipinski definition) is 8. The van der Waals surface area contributed by atoms with E-state index in [2.05, 4.69) is 9.97 Å². The molecule has 0 radical (unpaired) electrons. The Kier molecular flexibility index (Phi) is 4.93. The van der Waals surface area contributed by atoms with Crippen LogP contribution < -0.4 is 0 Å². The molecular weight excluding hydrogens is 328 g/mol. The summed E-state index contributed by atoms with van der Waals surface area (Å²) in [4.78, 5) is 29.0. The maximum absolute atomic E-state index is 11.0. The largest absolute Gasteiger partial charge is 0.302 e. The lowest BCUT2D eigenvalue weighted by atomic mass is 10.3. The average Bonchev–Trinajstić information content (AvgIpc) is 2.46. The molecular formula is C12H10N4O4S2. The van der Waals surface area contributed by atoms with Crippen molar-refractivity contribution in [1.29, 1.82) is 0 Å². The molecule has 10 heteroatoms. The molecule has 0 aliphatic heterocycles. The summed E-state index contributed by atoms with van der Waals surface area (Å²) >= 11 is 0. The first-order valence-electron chi connectivity index (χ1n) is 5.95. The summed E-state index contributed by atoms with van der Waals surface area (Å²) in [6, 6.07) is 2.82. The van der Waals surface area contributed by atoms with Crippen molar-refractivity contribution in [3.05, 3.63) is 55.9 Å². The van der Waals surface area contributed by atoms with Gasteiger partial charge in [0.05, 0.1) is 9.85 Å². The van der Waals surface area contributed by atoms with Gasteiger partial charge in [-0.3, -0.25) is 20.2 Å². The van der Waals surface area contributed by atoms with E-state index in [0.29, 0.717) is 11.1 Å². The molecule has 0 bridgehead atoms. The number of nitrogens with zero attached hydrogens (tertiary/aromatic N) is 4. The Hall–Kier alpha value is -2.20. The van der Waals surface area contributed by atoms with E-state index in [1.54, 1.807) is 13.8 Å². The first-order chi connectivity index (χ1) is 10.4. The molecule has 0 aliphatic carbocycles. The SMILES string of the molecule is Cc1cnc(SSc2ncc(C)cc2[N+](=O)[O-])c([N+](=O)[O-])c1. The van der Waals surface area contributed by atoms with E-state index in [-0.39, 0.29) is 21.4 Å². The first kappa shape index (κ1) is 16.2. The predicted octanol–water partition coefficient (Wildman–Crippen LogP) is 3.71. The van der Waals surface area contributed by atoms with Gasteiger partial charge in [-0.1, -0.05) is 0 Å². The molecule has 0 amide bonds. The van der Waals surface area contributed by atoms with Crippen LogP contribution in [-0.2, 0) is 0 Å². The van der Waals surface area contributed by atoms with Gasteiger partial charge in [-0.05, 0) is 46.6 Å². The second-order valence-electron chi connectivity index (χ2n) is 4.35. The van der Waals surface area contributed by atoms with Crippen LogP contribution in [0.5, 0.6) is 0 Å². The van der Waals surface area contributed by atoms with Crippen LogP contribution in [0.15, 0.2) is 34.6 Å². The maximum Gasteiger partial charge on any atom is 0.302 e. The fourth-order valence-corrected chi connectivity index (χ4v) is 3.58. The molecule has 0 saturated heterocycles. The predicted molar refractivity (Wildman–Crippen MR) is 83.0 cm³/mol. The van der Waals surface area contributed by atoms with Crippen LogP contribution >= 0.6 is 21.6 Å². The molecule has 8 nitrogen and oxygen atoms in total. The fourth-order valence-electron chi connectivity index (χ4n) is 1.55. The van der Waals surface area contributed by atoms with E-state index < -0.39 is 9.85 Å². The van der Waals surface area contributed by atoms with Gasteiger partial charge in [-0.25, -0.2) is 9.97 Å². The number of nitro groups is 2. The fraction of sp³-hybridized carbons (Fsp3) is 0.167. The third-order valence-electron chi connectivity index (χ3n) is 2.53. The van der Waals surface area contributed by atoms with Crippen LogP contribution in [0.25, 0.3) is 0 Å². The quantitative estimate of drug-likeness (QED) is 0.460. The monoisotopic (exact) mass is 338 g/mol. The third-order valence-corrected chi connectivity index (χ3v) is 4.76. The van der Waals surface area contributed by atoms with Crippen molar-refractivity contribution >= 4 is 33.0 Å². The molecule has 2 rings (SSSR count). The van der Waals surface area contributed by atoms with E-state index in [9.17, 15) is 20.2 Å². The third kappa shape index (κ3) is 3.71. The smallest absolute Gasteiger partial charge is 0.258 e. The molecule has 0 aliphatic rings. The van der Waals surface area contributed by atoms with Crippen LogP contribution in [0.2, 0.25) is 0 Å². The Morgan fingerprint density at radius 3 is 1.55 bits per heavy atom. The second kappa shape index (κ2) is 6.71. The van der Waals surface area contributed by atoms with Crippen molar-refractivity contribution in [2.75, 3.05) is 0 Å². The van der Waals surface area contributed by atoms with Crippen LogP contribution in [0.3, 0.4) is 0 Å². The molecule has 114 valence electrons. The molecule has 0 atom stereocenters. The molecule has 2 aromatic heterocycles. The molecule has 0 unspecified atom stereocenters. The van der Waals surface area contributed by atoms with Gasteiger partial charge in [0.1, 0.15) is 0 Å². The summed E-state index contributed by atoms with van der Waals surface area (Å²) in [5, 5.41) is 22.4. The normalized spacial score (nSPS) is 10.5. The summed E-state index contributed by atoms with van der Waals surface area (Å²) in [6.07, 6.45) is 3.01. The zero-order valence-electron chi connectivity index (χ0n) is 11.5.